The minimum atomic E-state index is -0.372. The van der Waals surface area contributed by atoms with Crippen molar-refractivity contribution in [2.24, 2.45) is 29.6 Å². The van der Waals surface area contributed by atoms with Gasteiger partial charge in [0, 0.05) is 29.8 Å². The highest BCUT2D eigenvalue weighted by atomic mass is 16.7. The molecule has 2 saturated carbocycles. The maximum atomic E-state index is 6.49. The normalized spacial score (nSPS) is 37.4. The predicted molar refractivity (Wildman–Crippen MR) is 134 cm³/mol. The smallest absolute Gasteiger partial charge is 0.171 e. The van der Waals surface area contributed by atoms with Crippen molar-refractivity contribution in [3.05, 3.63) is 0 Å². The second kappa shape index (κ2) is 10.2. The van der Waals surface area contributed by atoms with Gasteiger partial charge in [0.05, 0.1) is 13.2 Å². The molecule has 0 aromatic rings. The van der Waals surface area contributed by atoms with Gasteiger partial charge >= 0.3 is 0 Å². The Balaban J connectivity index is 1.15. The highest BCUT2D eigenvalue weighted by molar-refractivity contribution is 5.02. The fourth-order valence-electron chi connectivity index (χ4n) is 8.19. The molecule has 32 heavy (non-hydrogen) atoms. The molecular weight excluding hydrogens is 394 g/mol. The molecule has 0 radical (unpaired) electrons. The van der Waals surface area contributed by atoms with Crippen LogP contribution < -0.4 is 5.32 Å². The Morgan fingerprint density at radius 1 is 0.625 bits per heavy atom. The largest absolute Gasteiger partial charge is 0.349 e. The molecule has 2 aliphatic carbocycles. The maximum absolute atomic E-state index is 6.49. The van der Waals surface area contributed by atoms with E-state index in [1.807, 2.05) is 0 Å². The zero-order valence-corrected chi connectivity index (χ0v) is 22.0. The van der Waals surface area contributed by atoms with E-state index in [0.717, 1.165) is 49.7 Å². The first kappa shape index (κ1) is 25.0. The molecule has 4 fully saturated rings. The third-order valence-corrected chi connectivity index (χ3v) is 9.39. The zero-order valence-electron chi connectivity index (χ0n) is 22.0. The molecule has 1 N–H and O–H groups in total. The second-order valence-electron chi connectivity index (χ2n) is 13.6. The van der Waals surface area contributed by atoms with E-state index in [4.69, 9.17) is 9.47 Å². The van der Waals surface area contributed by atoms with Gasteiger partial charge < -0.3 is 14.8 Å². The van der Waals surface area contributed by atoms with E-state index in [1.165, 1.54) is 77.0 Å². The summed E-state index contributed by atoms with van der Waals surface area (Å²) in [7, 11) is 0. The van der Waals surface area contributed by atoms with Crippen LogP contribution in [0.2, 0.25) is 0 Å². The Bertz CT molecular complexity index is 558. The highest BCUT2D eigenvalue weighted by Crippen LogP contribution is 2.44. The van der Waals surface area contributed by atoms with Crippen LogP contribution in [0.15, 0.2) is 0 Å². The van der Waals surface area contributed by atoms with E-state index in [0.29, 0.717) is 5.92 Å². The molecule has 0 atom stereocenters. The van der Waals surface area contributed by atoms with Gasteiger partial charge in [0.15, 0.2) is 5.79 Å². The molecular formula is C29H53NO2. The summed E-state index contributed by atoms with van der Waals surface area (Å²) in [5.41, 5.74) is 0.116. The summed E-state index contributed by atoms with van der Waals surface area (Å²) in [6, 6.07) is 0. The van der Waals surface area contributed by atoms with Crippen molar-refractivity contribution in [3.8, 4) is 0 Å². The molecule has 0 aromatic carbocycles. The average molecular weight is 448 g/mol. The van der Waals surface area contributed by atoms with Gasteiger partial charge in [-0.25, -0.2) is 0 Å². The van der Waals surface area contributed by atoms with Crippen LogP contribution in [0.4, 0.5) is 0 Å². The molecule has 3 heteroatoms. The van der Waals surface area contributed by atoms with Gasteiger partial charge in [0.1, 0.15) is 0 Å². The summed E-state index contributed by atoms with van der Waals surface area (Å²) in [6.07, 6.45) is 19.5. The first-order valence-corrected chi connectivity index (χ1v) is 14.2. The zero-order chi connectivity index (χ0) is 22.8. The lowest BCUT2D eigenvalue weighted by atomic mass is 9.68. The van der Waals surface area contributed by atoms with E-state index >= 15 is 0 Å². The monoisotopic (exact) mass is 447 g/mol. The second-order valence-corrected chi connectivity index (χ2v) is 13.6. The van der Waals surface area contributed by atoms with Crippen LogP contribution in [0.1, 0.15) is 125 Å². The lowest BCUT2D eigenvalue weighted by molar-refractivity contribution is -0.311. The van der Waals surface area contributed by atoms with Gasteiger partial charge in [-0.05, 0) is 83.5 Å². The number of rotatable bonds is 6. The fourth-order valence-corrected chi connectivity index (χ4v) is 8.19. The Hall–Kier alpha value is -0.120. The van der Waals surface area contributed by atoms with Gasteiger partial charge in [-0.15, -0.1) is 0 Å². The third kappa shape index (κ3) is 6.51. The van der Waals surface area contributed by atoms with Gasteiger partial charge in [-0.3, -0.25) is 0 Å². The molecule has 0 amide bonds. The Morgan fingerprint density at radius 3 is 1.53 bits per heavy atom. The standard InChI is InChI=1S/C29H53NO2/c1-6-7-22-10-14-25(15-11-22)26-16-12-23(13-17-26)8-9-24-18-31-29(32-19-24)20-27(2,3)30-28(4,5)21-29/h22-26,30H,6-21H2,1-5H3. The van der Waals surface area contributed by atoms with E-state index in [1.54, 1.807) is 0 Å². The van der Waals surface area contributed by atoms with Crippen LogP contribution in [-0.4, -0.2) is 30.1 Å². The molecule has 3 nitrogen and oxygen atoms in total. The van der Waals surface area contributed by atoms with E-state index < -0.39 is 0 Å². The molecule has 2 heterocycles. The number of piperidine rings is 1. The van der Waals surface area contributed by atoms with Crippen LogP contribution in [0.5, 0.6) is 0 Å². The van der Waals surface area contributed by atoms with Crippen LogP contribution in [0, 0.1) is 29.6 Å². The van der Waals surface area contributed by atoms with Crippen LogP contribution >= 0.6 is 0 Å². The molecule has 0 unspecified atom stereocenters. The summed E-state index contributed by atoms with van der Waals surface area (Å²) in [5, 5.41) is 3.76. The molecule has 0 bridgehead atoms. The van der Waals surface area contributed by atoms with Gasteiger partial charge in [-0.2, -0.15) is 0 Å². The van der Waals surface area contributed by atoms with Crippen LogP contribution in [-0.2, 0) is 9.47 Å². The van der Waals surface area contributed by atoms with Gasteiger partial charge in [0.2, 0.25) is 0 Å². The minimum absolute atomic E-state index is 0.0580. The summed E-state index contributed by atoms with van der Waals surface area (Å²) in [5.74, 6) is 4.32. The molecule has 2 saturated heterocycles. The van der Waals surface area contributed by atoms with Crippen molar-refractivity contribution < 1.29 is 9.47 Å². The Kier molecular flexibility index (Phi) is 8.00. The van der Waals surface area contributed by atoms with E-state index in [-0.39, 0.29) is 16.9 Å². The Labute approximate surface area is 199 Å². The van der Waals surface area contributed by atoms with Crippen LogP contribution in [0.25, 0.3) is 0 Å². The third-order valence-electron chi connectivity index (χ3n) is 9.39. The molecule has 0 aromatic heterocycles. The van der Waals surface area contributed by atoms with Crippen molar-refractivity contribution in [2.45, 2.75) is 141 Å². The van der Waals surface area contributed by atoms with Crippen LogP contribution in [0.3, 0.4) is 0 Å². The minimum Gasteiger partial charge on any atom is -0.349 e. The van der Waals surface area contributed by atoms with E-state index in [2.05, 4.69) is 39.9 Å². The Morgan fingerprint density at radius 2 is 1.06 bits per heavy atom. The SMILES string of the molecule is CCCC1CCC(C2CCC(CCC3COC4(CC(C)(C)NC(C)(C)C4)OC3)CC2)CC1. The van der Waals surface area contributed by atoms with Crippen molar-refractivity contribution in [1.29, 1.82) is 0 Å². The molecule has 4 aliphatic rings. The van der Waals surface area contributed by atoms with Crippen molar-refractivity contribution in [3.63, 3.8) is 0 Å². The maximum Gasteiger partial charge on any atom is 0.171 e. The number of hydrogen-bond donors (Lipinski definition) is 1. The quantitative estimate of drug-likeness (QED) is 0.458. The average Bonchev–Trinajstić information content (AvgIpc) is 2.72. The van der Waals surface area contributed by atoms with Crippen molar-refractivity contribution in [1.82, 2.24) is 5.32 Å². The van der Waals surface area contributed by atoms with Crippen molar-refractivity contribution >= 4 is 0 Å². The molecule has 186 valence electrons. The lowest BCUT2D eigenvalue weighted by Gasteiger charge is -2.54. The summed E-state index contributed by atoms with van der Waals surface area (Å²) in [6.45, 7) is 13.3. The summed E-state index contributed by atoms with van der Waals surface area (Å²) in [4.78, 5) is 0. The molecule has 2 aliphatic heterocycles. The fraction of sp³-hybridized carbons (Fsp3) is 1.00. The van der Waals surface area contributed by atoms with Gasteiger partial charge in [-0.1, -0.05) is 51.9 Å². The number of ether oxygens (including phenoxy) is 2. The number of hydrogen-bond acceptors (Lipinski definition) is 3. The summed E-state index contributed by atoms with van der Waals surface area (Å²) >= 11 is 0. The highest BCUT2D eigenvalue weighted by Gasteiger charge is 2.50. The first-order chi connectivity index (χ1) is 15.2. The number of nitrogens with one attached hydrogen (secondary N) is 1. The van der Waals surface area contributed by atoms with Crippen molar-refractivity contribution in [2.75, 3.05) is 13.2 Å². The predicted octanol–water partition coefficient (Wildman–Crippen LogP) is 7.48. The molecule has 4 rings (SSSR count). The summed E-state index contributed by atoms with van der Waals surface area (Å²) < 4.78 is 13.0. The topological polar surface area (TPSA) is 30.5 Å². The lowest BCUT2D eigenvalue weighted by Crippen LogP contribution is -2.66. The molecule has 1 spiro atoms. The van der Waals surface area contributed by atoms with Gasteiger partial charge in [0.25, 0.3) is 0 Å². The first-order valence-electron chi connectivity index (χ1n) is 14.2. The van der Waals surface area contributed by atoms with E-state index in [9.17, 15) is 0 Å².